The van der Waals surface area contributed by atoms with Gasteiger partial charge in [0.2, 0.25) is 5.91 Å². The molecule has 0 saturated carbocycles. The summed E-state index contributed by atoms with van der Waals surface area (Å²) in [6.45, 7) is 3.03. The summed E-state index contributed by atoms with van der Waals surface area (Å²) < 4.78 is 0. The van der Waals surface area contributed by atoms with Crippen LogP contribution in [0.1, 0.15) is 11.1 Å². The maximum atomic E-state index is 12.5. The maximum Gasteiger partial charge on any atom is 0.292 e. The molecule has 4 rings (SSSR count). The average molecular weight is 443 g/mol. The van der Waals surface area contributed by atoms with E-state index < -0.39 is 0 Å². The van der Waals surface area contributed by atoms with E-state index in [9.17, 15) is 14.9 Å². The fourth-order valence-corrected chi connectivity index (χ4v) is 3.84. The summed E-state index contributed by atoms with van der Waals surface area (Å²) in [5, 5.41) is 14.7. The van der Waals surface area contributed by atoms with Crippen LogP contribution >= 0.6 is 0 Å². The van der Waals surface area contributed by atoms with Gasteiger partial charge in [-0.15, -0.1) is 0 Å². The number of hydrogen-bond donors (Lipinski definition) is 1. The number of carbonyl (C=O) groups is 1. The third-order valence-electron chi connectivity index (χ3n) is 5.68. The van der Waals surface area contributed by atoms with Gasteiger partial charge in [-0.05, 0) is 29.3 Å². The average Bonchev–Trinajstić information content (AvgIpc) is 2.87. The second kappa shape index (κ2) is 10.5. The first-order valence-electron chi connectivity index (χ1n) is 10.9. The number of nitrogens with one attached hydrogen (secondary N) is 1. The molecule has 0 aliphatic carbocycles. The summed E-state index contributed by atoms with van der Waals surface area (Å²) in [6.07, 6.45) is 3.44. The molecule has 1 saturated heterocycles. The van der Waals surface area contributed by atoms with Gasteiger partial charge in [0.1, 0.15) is 5.69 Å². The van der Waals surface area contributed by atoms with Gasteiger partial charge in [0.05, 0.1) is 4.92 Å². The number of nitro benzene ring substituents is 1. The van der Waals surface area contributed by atoms with Crippen LogP contribution in [0, 0.1) is 10.1 Å². The van der Waals surface area contributed by atoms with E-state index in [1.165, 1.54) is 0 Å². The number of anilines is 2. The van der Waals surface area contributed by atoms with Crippen LogP contribution in [0.3, 0.4) is 0 Å². The van der Waals surface area contributed by atoms with Crippen molar-refractivity contribution in [2.24, 2.45) is 0 Å². The third-order valence-corrected chi connectivity index (χ3v) is 5.68. The van der Waals surface area contributed by atoms with Gasteiger partial charge in [-0.1, -0.05) is 60.7 Å². The molecule has 0 atom stereocenters. The van der Waals surface area contributed by atoms with Crippen molar-refractivity contribution in [2.45, 2.75) is 6.54 Å². The monoisotopic (exact) mass is 442 g/mol. The number of carbonyl (C=O) groups excluding carboxylic acids is 1. The van der Waals surface area contributed by atoms with E-state index in [1.807, 2.05) is 77.7 Å². The number of amides is 1. The van der Waals surface area contributed by atoms with Gasteiger partial charge < -0.3 is 15.1 Å². The molecule has 168 valence electrons. The van der Waals surface area contributed by atoms with Crippen LogP contribution in [0.5, 0.6) is 0 Å². The fourth-order valence-electron chi connectivity index (χ4n) is 3.84. The first kappa shape index (κ1) is 22.1. The highest BCUT2D eigenvalue weighted by molar-refractivity contribution is 5.92. The summed E-state index contributed by atoms with van der Waals surface area (Å²) in [5.74, 6) is -0.00702. The van der Waals surface area contributed by atoms with Crippen LogP contribution in [0.4, 0.5) is 17.1 Å². The lowest BCUT2D eigenvalue weighted by atomic mass is 10.1. The van der Waals surface area contributed by atoms with Crippen LogP contribution in [-0.4, -0.2) is 41.9 Å². The van der Waals surface area contributed by atoms with E-state index in [1.54, 1.807) is 18.2 Å². The van der Waals surface area contributed by atoms with E-state index in [4.69, 9.17) is 0 Å². The lowest BCUT2D eigenvalue weighted by molar-refractivity contribution is -0.384. The zero-order valence-corrected chi connectivity index (χ0v) is 18.3. The molecule has 1 fully saturated rings. The smallest absolute Gasteiger partial charge is 0.292 e. The summed E-state index contributed by atoms with van der Waals surface area (Å²) in [4.78, 5) is 27.7. The summed E-state index contributed by atoms with van der Waals surface area (Å²) in [7, 11) is 0. The van der Waals surface area contributed by atoms with Gasteiger partial charge >= 0.3 is 0 Å². The molecule has 0 radical (unpaired) electrons. The number of rotatable bonds is 7. The first-order chi connectivity index (χ1) is 16.1. The Morgan fingerprint density at radius 1 is 0.939 bits per heavy atom. The molecule has 3 aromatic carbocycles. The summed E-state index contributed by atoms with van der Waals surface area (Å²) >= 11 is 0. The minimum atomic E-state index is -0.368. The molecule has 1 heterocycles. The van der Waals surface area contributed by atoms with Crippen LogP contribution < -0.4 is 10.2 Å². The molecule has 0 bridgehead atoms. The Morgan fingerprint density at radius 2 is 1.61 bits per heavy atom. The number of piperazine rings is 1. The van der Waals surface area contributed by atoms with E-state index in [2.05, 4.69) is 10.2 Å². The number of nitrogens with zero attached hydrogens (tertiary/aromatic N) is 3. The zero-order chi connectivity index (χ0) is 23.0. The van der Waals surface area contributed by atoms with E-state index in [0.717, 1.165) is 16.8 Å². The van der Waals surface area contributed by atoms with Crippen molar-refractivity contribution in [2.75, 3.05) is 36.4 Å². The van der Waals surface area contributed by atoms with E-state index in [-0.39, 0.29) is 16.5 Å². The molecule has 1 aliphatic heterocycles. The van der Waals surface area contributed by atoms with Gasteiger partial charge in [0.15, 0.2) is 0 Å². The van der Waals surface area contributed by atoms with Crippen LogP contribution in [-0.2, 0) is 11.3 Å². The molecule has 3 aromatic rings. The molecule has 0 unspecified atom stereocenters. The topological polar surface area (TPSA) is 78.7 Å². The van der Waals surface area contributed by atoms with E-state index in [0.29, 0.717) is 38.4 Å². The molecule has 0 aromatic heterocycles. The largest absolute Gasteiger partial charge is 0.375 e. The molecule has 1 N–H and O–H groups in total. The Morgan fingerprint density at radius 3 is 2.27 bits per heavy atom. The third kappa shape index (κ3) is 5.77. The summed E-state index contributed by atoms with van der Waals surface area (Å²) in [5.41, 5.74) is 3.49. The normalized spacial score (nSPS) is 13.8. The van der Waals surface area contributed by atoms with Crippen LogP contribution in [0.15, 0.2) is 84.9 Å². The van der Waals surface area contributed by atoms with Crippen molar-refractivity contribution in [3.8, 4) is 0 Å². The molecule has 1 aliphatic rings. The zero-order valence-electron chi connectivity index (χ0n) is 18.3. The quantitative estimate of drug-likeness (QED) is 0.329. The minimum Gasteiger partial charge on any atom is -0.375 e. The molecule has 7 heteroatoms. The number of nitro groups is 1. The Balaban J connectivity index is 1.39. The number of benzene rings is 3. The van der Waals surface area contributed by atoms with Gasteiger partial charge in [0, 0.05) is 50.6 Å². The fraction of sp³-hybridized carbons (Fsp3) is 0.192. The Labute approximate surface area is 193 Å². The highest BCUT2D eigenvalue weighted by Crippen LogP contribution is 2.30. The van der Waals surface area contributed by atoms with Crippen LogP contribution in [0.2, 0.25) is 0 Å². The lowest BCUT2D eigenvalue weighted by Gasteiger charge is -2.35. The predicted octanol–water partition coefficient (Wildman–Crippen LogP) is 4.57. The highest BCUT2D eigenvalue weighted by atomic mass is 16.6. The lowest BCUT2D eigenvalue weighted by Crippen LogP contribution is -2.48. The number of hydrogen-bond acceptors (Lipinski definition) is 5. The second-order valence-electron chi connectivity index (χ2n) is 7.85. The standard InChI is InChI=1S/C26H26N4O3/c31-26(14-11-21-7-3-1-4-8-21)29-17-15-28(16-18-29)23-12-13-25(30(32)33)24(19-23)27-20-22-9-5-2-6-10-22/h1-14,19,27H,15-18,20H2. The van der Waals surface area contributed by atoms with E-state index >= 15 is 0 Å². The molecule has 33 heavy (non-hydrogen) atoms. The van der Waals surface area contributed by atoms with Crippen molar-refractivity contribution >= 4 is 29.0 Å². The maximum absolute atomic E-state index is 12.5. The Kier molecular flexibility index (Phi) is 6.99. The van der Waals surface area contributed by atoms with Gasteiger partial charge in [-0.2, -0.15) is 0 Å². The van der Waals surface area contributed by atoms with Crippen LogP contribution in [0.25, 0.3) is 6.08 Å². The SMILES string of the molecule is O=C(C=Cc1ccccc1)N1CCN(c2ccc([N+](=O)[O-])c(NCc3ccccc3)c2)CC1. The molecule has 1 amide bonds. The Bertz CT molecular complexity index is 1120. The predicted molar refractivity (Wildman–Crippen MR) is 131 cm³/mol. The molecule has 0 spiro atoms. The molecule has 7 nitrogen and oxygen atoms in total. The summed E-state index contributed by atoms with van der Waals surface area (Å²) in [6, 6.07) is 24.7. The first-order valence-corrected chi connectivity index (χ1v) is 10.9. The van der Waals surface area contributed by atoms with Crippen molar-refractivity contribution in [1.82, 2.24) is 4.90 Å². The molecular weight excluding hydrogens is 416 g/mol. The van der Waals surface area contributed by atoms with Crippen molar-refractivity contribution < 1.29 is 9.72 Å². The van der Waals surface area contributed by atoms with Gasteiger partial charge in [-0.25, -0.2) is 0 Å². The minimum absolute atomic E-state index is 0.00702. The molecular formula is C26H26N4O3. The van der Waals surface area contributed by atoms with Crippen molar-refractivity contribution in [3.63, 3.8) is 0 Å². The van der Waals surface area contributed by atoms with Gasteiger partial charge in [-0.3, -0.25) is 14.9 Å². The van der Waals surface area contributed by atoms with Crippen molar-refractivity contribution in [3.05, 3.63) is 106 Å². The Hall–Kier alpha value is -4.13. The van der Waals surface area contributed by atoms with Crippen molar-refractivity contribution in [1.29, 1.82) is 0 Å². The highest BCUT2D eigenvalue weighted by Gasteiger charge is 2.22. The van der Waals surface area contributed by atoms with Gasteiger partial charge in [0.25, 0.3) is 5.69 Å². The second-order valence-corrected chi connectivity index (χ2v) is 7.85.